The van der Waals surface area contributed by atoms with Gasteiger partial charge in [0.2, 0.25) is 11.7 Å². The average Bonchev–Trinajstić information content (AvgIpc) is 3.11. The van der Waals surface area contributed by atoms with Gasteiger partial charge in [0.25, 0.3) is 5.91 Å². The first-order valence-corrected chi connectivity index (χ1v) is 8.86. The summed E-state index contributed by atoms with van der Waals surface area (Å²) in [5.74, 6) is 1.11. The molecule has 2 aromatic carbocycles. The molecule has 0 saturated carbocycles. The summed E-state index contributed by atoms with van der Waals surface area (Å²) in [5.41, 5.74) is 3.92. The molecular formula is C20H20ClN3O3. The van der Waals surface area contributed by atoms with E-state index in [0.29, 0.717) is 28.1 Å². The summed E-state index contributed by atoms with van der Waals surface area (Å²) in [6, 6.07) is 11.2. The number of halogens is 1. The predicted molar refractivity (Wildman–Crippen MR) is 103 cm³/mol. The lowest BCUT2D eigenvalue weighted by atomic mass is 10.1. The van der Waals surface area contributed by atoms with Gasteiger partial charge in [-0.1, -0.05) is 35.0 Å². The summed E-state index contributed by atoms with van der Waals surface area (Å²) in [5, 5.41) is 7.13. The van der Waals surface area contributed by atoms with Gasteiger partial charge in [0.15, 0.2) is 6.61 Å². The number of rotatable bonds is 6. The van der Waals surface area contributed by atoms with E-state index in [2.05, 4.69) is 21.5 Å². The molecule has 0 fully saturated rings. The molecule has 6 nitrogen and oxygen atoms in total. The van der Waals surface area contributed by atoms with Gasteiger partial charge in [-0.3, -0.25) is 4.79 Å². The fraction of sp³-hybridized carbons (Fsp3) is 0.250. The Kier molecular flexibility index (Phi) is 5.76. The Hall–Kier alpha value is -2.86. The average molecular weight is 386 g/mol. The van der Waals surface area contributed by atoms with E-state index in [0.717, 1.165) is 16.7 Å². The number of aryl methyl sites for hydroxylation is 2. The van der Waals surface area contributed by atoms with Crippen LogP contribution in [0.4, 0.5) is 0 Å². The van der Waals surface area contributed by atoms with Crippen molar-refractivity contribution in [1.82, 2.24) is 15.5 Å². The van der Waals surface area contributed by atoms with Gasteiger partial charge in [0, 0.05) is 5.56 Å². The van der Waals surface area contributed by atoms with Crippen molar-refractivity contribution in [1.29, 1.82) is 0 Å². The van der Waals surface area contributed by atoms with E-state index < -0.39 is 0 Å². The standard InChI is InChI=1S/C20H20ClN3O3/c1-12-8-13(2)14(3)17(9-12)26-11-18(25)22-10-19-23-20(24-27-19)15-6-4-5-7-16(15)21/h4-9H,10-11H2,1-3H3,(H,22,25). The second-order valence-corrected chi connectivity index (χ2v) is 6.67. The number of carbonyl (C=O) groups is 1. The molecular weight excluding hydrogens is 366 g/mol. The Morgan fingerprint density at radius 3 is 2.78 bits per heavy atom. The number of amides is 1. The Bertz CT molecular complexity index is 969. The third-order valence-corrected chi connectivity index (χ3v) is 4.47. The molecule has 0 atom stereocenters. The number of ether oxygens (including phenoxy) is 1. The zero-order valence-corrected chi connectivity index (χ0v) is 16.1. The van der Waals surface area contributed by atoms with Gasteiger partial charge in [-0.2, -0.15) is 4.98 Å². The Labute approximate surface area is 162 Å². The summed E-state index contributed by atoms with van der Waals surface area (Å²) in [6.07, 6.45) is 0. The van der Waals surface area contributed by atoms with Crippen molar-refractivity contribution < 1.29 is 14.1 Å². The molecule has 1 heterocycles. The van der Waals surface area contributed by atoms with Crippen LogP contribution in [0.3, 0.4) is 0 Å². The largest absolute Gasteiger partial charge is 0.483 e. The van der Waals surface area contributed by atoms with Crippen LogP contribution in [-0.4, -0.2) is 22.7 Å². The van der Waals surface area contributed by atoms with E-state index in [9.17, 15) is 4.79 Å². The van der Waals surface area contributed by atoms with Crippen LogP contribution in [0.5, 0.6) is 5.75 Å². The SMILES string of the molecule is Cc1cc(C)c(C)c(OCC(=O)NCc2nc(-c3ccccc3Cl)no2)c1. The van der Waals surface area contributed by atoms with Crippen molar-refractivity contribution in [3.8, 4) is 17.1 Å². The number of nitrogens with one attached hydrogen (secondary N) is 1. The van der Waals surface area contributed by atoms with Crippen molar-refractivity contribution in [3.05, 3.63) is 64.0 Å². The van der Waals surface area contributed by atoms with Crippen LogP contribution in [0.2, 0.25) is 5.02 Å². The van der Waals surface area contributed by atoms with Crippen LogP contribution in [0.15, 0.2) is 40.9 Å². The minimum absolute atomic E-state index is 0.0881. The Morgan fingerprint density at radius 1 is 1.22 bits per heavy atom. The quantitative estimate of drug-likeness (QED) is 0.693. The highest BCUT2D eigenvalue weighted by atomic mass is 35.5. The fourth-order valence-electron chi connectivity index (χ4n) is 2.60. The lowest BCUT2D eigenvalue weighted by molar-refractivity contribution is -0.123. The van der Waals surface area contributed by atoms with Crippen molar-refractivity contribution in [2.45, 2.75) is 27.3 Å². The molecule has 0 radical (unpaired) electrons. The molecule has 3 aromatic rings. The maximum atomic E-state index is 12.1. The Morgan fingerprint density at radius 2 is 2.00 bits per heavy atom. The second kappa shape index (κ2) is 8.22. The van der Waals surface area contributed by atoms with Gasteiger partial charge in [-0.05, 0) is 55.7 Å². The van der Waals surface area contributed by atoms with Gasteiger partial charge in [0.1, 0.15) is 5.75 Å². The van der Waals surface area contributed by atoms with Crippen molar-refractivity contribution in [2.75, 3.05) is 6.61 Å². The van der Waals surface area contributed by atoms with E-state index in [1.807, 2.05) is 39.0 Å². The molecule has 0 aliphatic heterocycles. The molecule has 1 aromatic heterocycles. The third-order valence-electron chi connectivity index (χ3n) is 4.14. The van der Waals surface area contributed by atoms with Crippen LogP contribution in [0.25, 0.3) is 11.4 Å². The minimum Gasteiger partial charge on any atom is -0.483 e. The van der Waals surface area contributed by atoms with Crippen LogP contribution in [0, 0.1) is 20.8 Å². The molecule has 27 heavy (non-hydrogen) atoms. The zero-order chi connectivity index (χ0) is 19.4. The van der Waals surface area contributed by atoms with E-state index in [-0.39, 0.29) is 19.1 Å². The molecule has 7 heteroatoms. The normalized spacial score (nSPS) is 10.7. The molecule has 1 N–H and O–H groups in total. The summed E-state index contributed by atoms with van der Waals surface area (Å²) in [4.78, 5) is 16.3. The summed E-state index contributed by atoms with van der Waals surface area (Å²) in [6.45, 7) is 6.00. The lowest BCUT2D eigenvalue weighted by Gasteiger charge is -2.12. The highest BCUT2D eigenvalue weighted by molar-refractivity contribution is 6.33. The molecule has 3 rings (SSSR count). The molecule has 0 unspecified atom stereocenters. The highest BCUT2D eigenvalue weighted by Crippen LogP contribution is 2.25. The highest BCUT2D eigenvalue weighted by Gasteiger charge is 2.13. The molecule has 0 spiro atoms. The fourth-order valence-corrected chi connectivity index (χ4v) is 2.82. The van der Waals surface area contributed by atoms with Crippen molar-refractivity contribution in [2.24, 2.45) is 0 Å². The molecule has 0 saturated heterocycles. The van der Waals surface area contributed by atoms with Crippen molar-refractivity contribution >= 4 is 17.5 Å². The number of hydrogen-bond donors (Lipinski definition) is 1. The molecule has 0 aliphatic carbocycles. The van der Waals surface area contributed by atoms with Crippen LogP contribution in [0.1, 0.15) is 22.6 Å². The van der Waals surface area contributed by atoms with Gasteiger partial charge in [0.05, 0.1) is 11.6 Å². The maximum Gasteiger partial charge on any atom is 0.258 e. The third kappa shape index (κ3) is 4.65. The molecule has 1 amide bonds. The predicted octanol–water partition coefficient (Wildman–Crippen LogP) is 4.01. The summed E-state index contributed by atoms with van der Waals surface area (Å²) >= 11 is 6.12. The topological polar surface area (TPSA) is 77.2 Å². The number of carbonyl (C=O) groups excluding carboxylic acids is 1. The second-order valence-electron chi connectivity index (χ2n) is 6.26. The minimum atomic E-state index is -0.272. The first kappa shape index (κ1) is 18.9. The molecule has 0 aliphatic rings. The smallest absolute Gasteiger partial charge is 0.258 e. The Balaban J connectivity index is 1.55. The van der Waals surface area contributed by atoms with Gasteiger partial charge in [-0.15, -0.1) is 0 Å². The first-order valence-electron chi connectivity index (χ1n) is 8.49. The zero-order valence-electron chi connectivity index (χ0n) is 15.4. The lowest BCUT2D eigenvalue weighted by Crippen LogP contribution is -2.28. The van der Waals surface area contributed by atoms with E-state index in [4.69, 9.17) is 20.9 Å². The van der Waals surface area contributed by atoms with E-state index in [1.54, 1.807) is 12.1 Å². The molecule has 140 valence electrons. The van der Waals surface area contributed by atoms with Crippen molar-refractivity contribution in [3.63, 3.8) is 0 Å². The van der Waals surface area contributed by atoms with E-state index >= 15 is 0 Å². The molecule has 0 bridgehead atoms. The number of benzene rings is 2. The number of aromatic nitrogens is 2. The number of hydrogen-bond acceptors (Lipinski definition) is 5. The summed E-state index contributed by atoms with van der Waals surface area (Å²) in [7, 11) is 0. The van der Waals surface area contributed by atoms with E-state index in [1.165, 1.54) is 0 Å². The maximum absolute atomic E-state index is 12.1. The van der Waals surface area contributed by atoms with Crippen LogP contribution < -0.4 is 10.1 Å². The van der Waals surface area contributed by atoms with Gasteiger partial charge in [-0.25, -0.2) is 0 Å². The van der Waals surface area contributed by atoms with Crippen LogP contribution in [-0.2, 0) is 11.3 Å². The van der Waals surface area contributed by atoms with Gasteiger partial charge >= 0.3 is 0 Å². The summed E-state index contributed by atoms with van der Waals surface area (Å²) < 4.78 is 10.8. The van der Waals surface area contributed by atoms with Gasteiger partial charge < -0.3 is 14.6 Å². The number of nitrogens with zero attached hydrogens (tertiary/aromatic N) is 2. The first-order chi connectivity index (χ1) is 12.9. The monoisotopic (exact) mass is 385 g/mol. The van der Waals surface area contributed by atoms with Crippen LogP contribution >= 0.6 is 11.6 Å².